The summed E-state index contributed by atoms with van der Waals surface area (Å²) in [6, 6.07) is 9.81. The van der Waals surface area contributed by atoms with E-state index in [4.69, 9.17) is 9.47 Å². The number of benzene rings is 1. The van der Waals surface area contributed by atoms with Crippen LogP contribution in [0.25, 0.3) is 0 Å². The largest absolute Gasteiger partial charge is 0.394 e. The quantitative estimate of drug-likeness (QED) is 0.833. The van der Waals surface area contributed by atoms with E-state index < -0.39 is 0 Å². The van der Waals surface area contributed by atoms with Crippen LogP contribution >= 0.6 is 0 Å². The van der Waals surface area contributed by atoms with Crippen molar-refractivity contribution in [3.8, 4) is 0 Å². The zero-order valence-corrected chi connectivity index (χ0v) is 9.72. The van der Waals surface area contributed by atoms with Gasteiger partial charge in [0.15, 0.2) is 6.29 Å². The van der Waals surface area contributed by atoms with E-state index in [2.05, 4.69) is 0 Å². The van der Waals surface area contributed by atoms with Crippen LogP contribution in [0.5, 0.6) is 0 Å². The third-order valence-electron chi connectivity index (χ3n) is 3.00. The molecule has 88 valence electrons. The summed E-state index contributed by atoms with van der Waals surface area (Å²) in [5, 5.41) is 9.31. The SMILES string of the molecule is CC1(C)COC(c2ccccc2)O[C@H]1CO. The normalized spacial score (nSPS) is 28.9. The topological polar surface area (TPSA) is 38.7 Å². The van der Waals surface area contributed by atoms with Crippen LogP contribution < -0.4 is 0 Å². The Kier molecular flexibility index (Phi) is 3.28. The molecular weight excluding hydrogens is 204 g/mol. The van der Waals surface area contributed by atoms with Gasteiger partial charge in [0.2, 0.25) is 0 Å². The van der Waals surface area contributed by atoms with Crippen LogP contribution in [0.2, 0.25) is 0 Å². The van der Waals surface area contributed by atoms with E-state index in [0.29, 0.717) is 6.61 Å². The molecule has 1 heterocycles. The maximum Gasteiger partial charge on any atom is 0.184 e. The number of ether oxygens (including phenoxy) is 2. The number of hydrogen-bond acceptors (Lipinski definition) is 3. The third-order valence-corrected chi connectivity index (χ3v) is 3.00. The molecule has 1 N–H and O–H groups in total. The molecule has 0 amide bonds. The lowest BCUT2D eigenvalue weighted by Crippen LogP contribution is -2.44. The van der Waals surface area contributed by atoms with Crippen molar-refractivity contribution in [2.75, 3.05) is 13.2 Å². The van der Waals surface area contributed by atoms with E-state index in [9.17, 15) is 5.11 Å². The Hall–Kier alpha value is -0.900. The van der Waals surface area contributed by atoms with Gasteiger partial charge in [0.1, 0.15) is 0 Å². The van der Waals surface area contributed by atoms with E-state index in [-0.39, 0.29) is 24.4 Å². The van der Waals surface area contributed by atoms with E-state index in [1.807, 2.05) is 44.2 Å². The highest BCUT2D eigenvalue weighted by molar-refractivity contribution is 5.16. The van der Waals surface area contributed by atoms with Crippen LogP contribution in [0, 0.1) is 5.41 Å². The van der Waals surface area contributed by atoms with Crippen molar-refractivity contribution in [2.24, 2.45) is 5.41 Å². The molecule has 1 aliphatic heterocycles. The maximum atomic E-state index is 9.31. The molecule has 0 aliphatic carbocycles. The smallest absolute Gasteiger partial charge is 0.184 e. The second-order valence-electron chi connectivity index (χ2n) is 4.85. The minimum absolute atomic E-state index is 0.0275. The van der Waals surface area contributed by atoms with Gasteiger partial charge in [0.05, 0.1) is 19.3 Å². The molecule has 0 saturated carbocycles. The van der Waals surface area contributed by atoms with E-state index in [1.165, 1.54) is 0 Å². The summed E-state index contributed by atoms with van der Waals surface area (Å²) in [5.41, 5.74) is 0.858. The first-order valence-corrected chi connectivity index (χ1v) is 5.56. The minimum Gasteiger partial charge on any atom is -0.394 e. The summed E-state index contributed by atoms with van der Waals surface area (Å²) in [7, 11) is 0. The second-order valence-corrected chi connectivity index (χ2v) is 4.85. The highest BCUT2D eigenvalue weighted by Gasteiger charge is 2.38. The Morgan fingerprint density at radius 3 is 2.62 bits per heavy atom. The zero-order chi connectivity index (χ0) is 11.6. The predicted molar refractivity (Wildman–Crippen MR) is 60.9 cm³/mol. The number of aliphatic hydroxyl groups excluding tert-OH is 1. The van der Waals surface area contributed by atoms with Crippen LogP contribution in [0.1, 0.15) is 25.7 Å². The van der Waals surface area contributed by atoms with Crippen molar-refractivity contribution < 1.29 is 14.6 Å². The Labute approximate surface area is 96.0 Å². The molecule has 1 aliphatic rings. The molecule has 1 aromatic carbocycles. The Morgan fingerprint density at radius 2 is 2.00 bits per heavy atom. The molecule has 16 heavy (non-hydrogen) atoms. The van der Waals surface area contributed by atoms with Gasteiger partial charge < -0.3 is 14.6 Å². The zero-order valence-electron chi connectivity index (χ0n) is 9.72. The first kappa shape index (κ1) is 11.6. The molecule has 0 radical (unpaired) electrons. The fourth-order valence-electron chi connectivity index (χ4n) is 1.83. The molecule has 1 aromatic rings. The van der Waals surface area contributed by atoms with E-state index in [0.717, 1.165) is 5.56 Å². The molecule has 0 bridgehead atoms. The average Bonchev–Trinajstić information content (AvgIpc) is 2.30. The fourth-order valence-corrected chi connectivity index (χ4v) is 1.83. The molecule has 1 fully saturated rings. The first-order valence-electron chi connectivity index (χ1n) is 5.56. The van der Waals surface area contributed by atoms with Crippen LogP contribution in [-0.4, -0.2) is 24.4 Å². The van der Waals surface area contributed by atoms with Crippen LogP contribution in [0.4, 0.5) is 0 Å². The highest BCUT2D eigenvalue weighted by Crippen LogP contribution is 2.35. The summed E-state index contributed by atoms with van der Waals surface area (Å²) in [4.78, 5) is 0. The average molecular weight is 222 g/mol. The summed E-state index contributed by atoms with van der Waals surface area (Å²) in [6.07, 6.45) is -0.530. The van der Waals surface area contributed by atoms with Gasteiger partial charge in [-0.15, -0.1) is 0 Å². The van der Waals surface area contributed by atoms with Crippen molar-refractivity contribution >= 4 is 0 Å². The minimum atomic E-state index is -0.355. The molecule has 0 spiro atoms. The fraction of sp³-hybridized carbons (Fsp3) is 0.538. The van der Waals surface area contributed by atoms with Gasteiger partial charge in [0.25, 0.3) is 0 Å². The monoisotopic (exact) mass is 222 g/mol. The molecule has 3 nitrogen and oxygen atoms in total. The van der Waals surface area contributed by atoms with Crippen LogP contribution in [-0.2, 0) is 9.47 Å². The number of hydrogen-bond donors (Lipinski definition) is 1. The molecule has 2 rings (SSSR count). The lowest BCUT2D eigenvalue weighted by Gasteiger charge is -2.41. The van der Waals surface area contributed by atoms with Crippen molar-refractivity contribution in [2.45, 2.75) is 26.2 Å². The predicted octanol–water partition coefficient (Wildman–Crippen LogP) is 2.12. The van der Waals surface area contributed by atoms with E-state index in [1.54, 1.807) is 0 Å². The van der Waals surface area contributed by atoms with Gasteiger partial charge in [-0.2, -0.15) is 0 Å². The number of aliphatic hydroxyl groups is 1. The third kappa shape index (κ3) is 2.26. The van der Waals surface area contributed by atoms with E-state index >= 15 is 0 Å². The van der Waals surface area contributed by atoms with Crippen molar-refractivity contribution in [3.05, 3.63) is 35.9 Å². The van der Waals surface area contributed by atoms with Crippen molar-refractivity contribution in [1.29, 1.82) is 0 Å². The van der Waals surface area contributed by atoms with Gasteiger partial charge in [-0.05, 0) is 0 Å². The molecule has 1 unspecified atom stereocenters. The summed E-state index contributed by atoms with van der Waals surface area (Å²) in [6.45, 7) is 4.70. The molecular formula is C13H18O3. The lowest BCUT2D eigenvalue weighted by molar-refractivity contribution is -0.271. The summed E-state index contributed by atoms with van der Waals surface area (Å²) in [5.74, 6) is 0. The van der Waals surface area contributed by atoms with Crippen LogP contribution in [0.15, 0.2) is 30.3 Å². The Balaban J connectivity index is 2.11. The molecule has 0 aromatic heterocycles. The first-order chi connectivity index (χ1) is 7.63. The summed E-state index contributed by atoms with van der Waals surface area (Å²) >= 11 is 0. The number of rotatable bonds is 2. The second kappa shape index (κ2) is 4.53. The summed E-state index contributed by atoms with van der Waals surface area (Å²) < 4.78 is 11.4. The Morgan fingerprint density at radius 1 is 1.31 bits per heavy atom. The van der Waals surface area contributed by atoms with Gasteiger partial charge in [-0.3, -0.25) is 0 Å². The van der Waals surface area contributed by atoms with Gasteiger partial charge in [-0.25, -0.2) is 0 Å². The maximum absolute atomic E-state index is 9.31. The van der Waals surface area contributed by atoms with Gasteiger partial charge in [0, 0.05) is 11.0 Å². The van der Waals surface area contributed by atoms with Gasteiger partial charge in [-0.1, -0.05) is 44.2 Å². The van der Waals surface area contributed by atoms with Crippen molar-refractivity contribution in [1.82, 2.24) is 0 Å². The van der Waals surface area contributed by atoms with Crippen LogP contribution in [0.3, 0.4) is 0 Å². The van der Waals surface area contributed by atoms with Gasteiger partial charge >= 0.3 is 0 Å². The molecule has 1 saturated heterocycles. The molecule has 3 heteroatoms. The Bertz CT molecular complexity index is 334. The highest BCUT2D eigenvalue weighted by atomic mass is 16.7. The van der Waals surface area contributed by atoms with Crippen molar-refractivity contribution in [3.63, 3.8) is 0 Å². The lowest BCUT2D eigenvalue weighted by atomic mass is 9.87. The standard InChI is InChI=1S/C13H18O3/c1-13(2)9-15-12(16-11(13)8-14)10-6-4-3-5-7-10/h3-7,11-12,14H,8-9H2,1-2H3/t11-,12?/m0/s1. The molecule has 2 atom stereocenters.